The van der Waals surface area contributed by atoms with Gasteiger partial charge in [0.25, 0.3) is 0 Å². The first-order valence-corrected chi connectivity index (χ1v) is 20.2. The molecule has 0 aliphatic carbocycles. The van der Waals surface area contributed by atoms with E-state index in [-0.39, 0.29) is 0 Å². The molecule has 3 heterocycles. The summed E-state index contributed by atoms with van der Waals surface area (Å²) in [4.78, 5) is 15.6. The Kier molecular flexibility index (Phi) is 6.95. The van der Waals surface area contributed by atoms with Gasteiger partial charge in [-0.05, 0) is 103 Å². The van der Waals surface area contributed by atoms with E-state index in [0.29, 0.717) is 17.5 Å². The molecule has 0 unspecified atom stereocenters. The SMILES string of the molecule is c1cc(-c2cccc3oc4ccccc4c23)c2ccc(-c3nc(-c4ccc5cc6c(cc5c4)oc4ccccc46)nc(-c4ccc5ccc6ccccc6c5c4)n3)cc2c1. The fourth-order valence-corrected chi connectivity index (χ4v) is 9.17. The minimum atomic E-state index is 0.604. The minimum Gasteiger partial charge on any atom is -0.456 e. The van der Waals surface area contributed by atoms with Crippen LogP contribution in [0.4, 0.5) is 0 Å². The van der Waals surface area contributed by atoms with Crippen LogP contribution in [0, 0.1) is 0 Å². The topological polar surface area (TPSA) is 65.0 Å². The molecule has 0 fully saturated rings. The van der Waals surface area contributed by atoms with Gasteiger partial charge in [-0.25, -0.2) is 15.0 Å². The molecule has 0 aliphatic rings. The fraction of sp³-hybridized carbons (Fsp3) is 0. The van der Waals surface area contributed by atoms with Gasteiger partial charge in [-0.15, -0.1) is 0 Å². The van der Waals surface area contributed by atoms with E-state index in [1.54, 1.807) is 0 Å². The molecule has 10 aromatic carbocycles. The van der Waals surface area contributed by atoms with Crippen LogP contribution < -0.4 is 0 Å². The third-order valence-electron chi connectivity index (χ3n) is 12.1. The molecule has 0 saturated heterocycles. The summed E-state index contributed by atoms with van der Waals surface area (Å²) in [6.07, 6.45) is 0. The first kappa shape index (κ1) is 32.9. The summed E-state index contributed by atoms with van der Waals surface area (Å²) < 4.78 is 12.6. The minimum absolute atomic E-state index is 0.604. The average Bonchev–Trinajstić information content (AvgIpc) is 3.88. The summed E-state index contributed by atoms with van der Waals surface area (Å²) in [6.45, 7) is 0. The summed E-state index contributed by atoms with van der Waals surface area (Å²) in [5.41, 5.74) is 8.53. The van der Waals surface area contributed by atoms with Crippen LogP contribution in [0.1, 0.15) is 0 Å². The maximum absolute atomic E-state index is 6.29. The number of hydrogen-bond donors (Lipinski definition) is 0. The van der Waals surface area contributed by atoms with E-state index >= 15 is 0 Å². The zero-order valence-corrected chi connectivity index (χ0v) is 32.1. The highest BCUT2D eigenvalue weighted by Crippen LogP contribution is 2.41. The van der Waals surface area contributed by atoms with Crippen molar-refractivity contribution in [2.75, 3.05) is 0 Å². The van der Waals surface area contributed by atoms with Crippen LogP contribution >= 0.6 is 0 Å². The van der Waals surface area contributed by atoms with Gasteiger partial charge >= 0.3 is 0 Å². The first-order chi connectivity index (χ1) is 29.7. The van der Waals surface area contributed by atoms with Crippen LogP contribution in [0.15, 0.2) is 197 Å². The average molecular weight is 766 g/mol. The maximum Gasteiger partial charge on any atom is 0.164 e. The molecule has 5 nitrogen and oxygen atoms in total. The molecule has 0 aliphatic heterocycles. The van der Waals surface area contributed by atoms with E-state index in [4.69, 9.17) is 23.8 Å². The molecule has 0 spiro atoms. The Balaban J connectivity index is 0.994. The molecule has 0 N–H and O–H groups in total. The fourth-order valence-electron chi connectivity index (χ4n) is 9.17. The Bertz CT molecular complexity index is 3910. The zero-order valence-electron chi connectivity index (χ0n) is 32.1. The van der Waals surface area contributed by atoms with Crippen molar-refractivity contribution in [3.8, 4) is 45.3 Å². The van der Waals surface area contributed by atoms with Gasteiger partial charge in [0.05, 0.1) is 0 Å². The second-order valence-electron chi connectivity index (χ2n) is 15.6. The molecule has 5 heteroatoms. The van der Waals surface area contributed by atoms with Crippen molar-refractivity contribution in [3.63, 3.8) is 0 Å². The van der Waals surface area contributed by atoms with E-state index < -0.39 is 0 Å². The summed E-state index contributed by atoms with van der Waals surface area (Å²) in [7, 11) is 0. The first-order valence-electron chi connectivity index (χ1n) is 20.2. The summed E-state index contributed by atoms with van der Waals surface area (Å²) in [5.74, 6) is 1.83. The van der Waals surface area contributed by atoms with E-state index in [1.165, 1.54) is 16.2 Å². The number of benzene rings is 10. The number of nitrogens with zero attached hydrogens (tertiary/aromatic N) is 3. The molecular formula is C55H31N3O2. The van der Waals surface area contributed by atoms with Gasteiger partial charge < -0.3 is 8.83 Å². The summed E-state index contributed by atoms with van der Waals surface area (Å²) in [6, 6.07) is 65.9. The number of fused-ring (bicyclic) bond motifs is 11. The van der Waals surface area contributed by atoms with Crippen LogP contribution in [0.25, 0.3) is 132 Å². The van der Waals surface area contributed by atoms with Gasteiger partial charge in [-0.1, -0.05) is 140 Å². The molecule has 3 aromatic heterocycles. The molecule has 13 rings (SSSR count). The monoisotopic (exact) mass is 765 g/mol. The van der Waals surface area contributed by atoms with E-state index in [2.05, 4.69) is 158 Å². The Morgan fingerprint density at radius 1 is 0.267 bits per heavy atom. The maximum atomic E-state index is 6.29. The van der Waals surface area contributed by atoms with Gasteiger partial charge in [0.1, 0.15) is 22.3 Å². The summed E-state index contributed by atoms with van der Waals surface area (Å²) in [5, 5.41) is 13.6. The van der Waals surface area contributed by atoms with Gasteiger partial charge in [0.15, 0.2) is 17.5 Å². The lowest BCUT2D eigenvalue weighted by Gasteiger charge is -2.12. The number of para-hydroxylation sites is 2. The van der Waals surface area contributed by atoms with Crippen LogP contribution in [0.2, 0.25) is 0 Å². The molecule has 0 bridgehead atoms. The van der Waals surface area contributed by atoms with Crippen molar-refractivity contribution in [1.29, 1.82) is 0 Å². The number of hydrogen-bond acceptors (Lipinski definition) is 5. The molecule has 278 valence electrons. The molecule has 0 saturated carbocycles. The second kappa shape index (κ2) is 12.7. The highest BCUT2D eigenvalue weighted by atomic mass is 16.3. The Labute approximate surface area is 342 Å². The highest BCUT2D eigenvalue weighted by Gasteiger charge is 2.18. The van der Waals surface area contributed by atoms with Gasteiger partial charge in [-0.2, -0.15) is 0 Å². The smallest absolute Gasteiger partial charge is 0.164 e. The number of furan rings is 2. The van der Waals surface area contributed by atoms with Crippen LogP contribution in [-0.2, 0) is 0 Å². The molecule has 0 atom stereocenters. The van der Waals surface area contributed by atoms with Crippen molar-refractivity contribution in [1.82, 2.24) is 15.0 Å². The predicted molar refractivity (Wildman–Crippen MR) is 246 cm³/mol. The Hall–Kier alpha value is -8.15. The zero-order chi connectivity index (χ0) is 39.3. The van der Waals surface area contributed by atoms with E-state index in [1.807, 2.05) is 30.3 Å². The standard InChI is InChI=1S/C55H31N3O2/c1-2-11-40-32(9-1)19-20-33-21-23-38(30-46(33)40)55-57-53(36-24-22-34-29-47-43-12-3-5-16-48(43)60-51(47)31-39(34)28-36)56-54(58-55)37-25-26-41-35(27-37)10-7-14-42(41)44-15-8-18-50-52(44)45-13-4-6-17-49(45)59-50/h1-31H. The second-order valence-corrected chi connectivity index (χ2v) is 15.6. The van der Waals surface area contributed by atoms with Crippen LogP contribution in [-0.4, -0.2) is 15.0 Å². The van der Waals surface area contributed by atoms with Crippen molar-refractivity contribution in [2.24, 2.45) is 0 Å². The highest BCUT2D eigenvalue weighted by molar-refractivity contribution is 6.16. The predicted octanol–water partition coefficient (Wildman–Crippen LogP) is 15.0. The van der Waals surface area contributed by atoms with Crippen molar-refractivity contribution >= 4 is 87.0 Å². The lowest BCUT2D eigenvalue weighted by molar-refractivity contribution is 0.669. The van der Waals surface area contributed by atoms with Crippen molar-refractivity contribution < 1.29 is 8.83 Å². The molecule has 0 amide bonds. The Morgan fingerprint density at radius 3 is 1.63 bits per heavy atom. The van der Waals surface area contributed by atoms with Gasteiger partial charge in [0.2, 0.25) is 0 Å². The van der Waals surface area contributed by atoms with E-state index in [0.717, 1.165) is 98.6 Å². The van der Waals surface area contributed by atoms with Crippen LogP contribution in [0.3, 0.4) is 0 Å². The normalized spacial score (nSPS) is 12.0. The van der Waals surface area contributed by atoms with E-state index in [9.17, 15) is 0 Å². The third kappa shape index (κ3) is 5.09. The van der Waals surface area contributed by atoms with Crippen molar-refractivity contribution in [3.05, 3.63) is 188 Å². The van der Waals surface area contributed by atoms with Crippen LogP contribution in [0.5, 0.6) is 0 Å². The number of rotatable bonds is 4. The molecule has 60 heavy (non-hydrogen) atoms. The molecule has 0 radical (unpaired) electrons. The largest absolute Gasteiger partial charge is 0.456 e. The Morgan fingerprint density at radius 2 is 0.817 bits per heavy atom. The third-order valence-corrected chi connectivity index (χ3v) is 12.1. The van der Waals surface area contributed by atoms with Gasteiger partial charge in [0, 0.05) is 38.2 Å². The number of aromatic nitrogens is 3. The quantitative estimate of drug-likeness (QED) is 0.167. The molecular weight excluding hydrogens is 735 g/mol. The summed E-state index contributed by atoms with van der Waals surface area (Å²) >= 11 is 0. The molecule has 13 aromatic rings. The lowest BCUT2D eigenvalue weighted by Crippen LogP contribution is -2.00. The lowest BCUT2D eigenvalue weighted by atomic mass is 9.94. The van der Waals surface area contributed by atoms with Crippen molar-refractivity contribution in [2.45, 2.75) is 0 Å². The van der Waals surface area contributed by atoms with Gasteiger partial charge in [-0.3, -0.25) is 0 Å².